The number of ether oxygens (including phenoxy) is 1. The van der Waals surface area contributed by atoms with Crippen molar-refractivity contribution in [3.05, 3.63) is 88.4 Å². The lowest BCUT2D eigenvalue weighted by Crippen LogP contribution is -2.13. The van der Waals surface area contributed by atoms with E-state index in [9.17, 15) is 18.0 Å². The number of hydrogen-bond donors (Lipinski definition) is 0. The van der Waals surface area contributed by atoms with E-state index in [0.29, 0.717) is 16.8 Å². The summed E-state index contributed by atoms with van der Waals surface area (Å²) in [5, 5.41) is 0. The van der Waals surface area contributed by atoms with Gasteiger partial charge in [0, 0.05) is 24.7 Å². The maximum atomic E-state index is 12.9. The second-order valence-electron chi connectivity index (χ2n) is 6.65. The van der Waals surface area contributed by atoms with Crippen molar-refractivity contribution in [2.45, 2.75) is 4.90 Å². The molecule has 31 heavy (non-hydrogen) atoms. The molecule has 0 bridgehead atoms. The van der Waals surface area contributed by atoms with Gasteiger partial charge in [-0.2, -0.15) is 8.42 Å². The molecular formula is C22H17NO7S. The number of hydrogen-bond acceptors (Lipinski definition) is 7. The van der Waals surface area contributed by atoms with Gasteiger partial charge in [-0.15, -0.1) is 0 Å². The summed E-state index contributed by atoms with van der Waals surface area (Å²) in [6.07, 6.45) is 0. The summed E-state index contributed by atoms with van der Waals surface area (Å²) in [5.74, 6) is -0.880. The molecule has 4 aromatic rings. The lowest BCUT2D eigenvalue weighted by Gasteiger charge is -2.12. The fourth-order valence-corrected chi connectivity index (χ4v) is 4.02. The van der Waals surface area contributed by atoms with E-state index in [1.54, 1.807) is 36.4 Å². The molecule has 0 amide bonds. The zero-order valence-electron chi connectivity index (χ0n) is 16.6. The van der Waals surface area contributed by atoms with Gasteiger partial charge in [0.1, 0.15) is 10.6 Å². The van der Waals surface area contributed by atoms with Crippen LogP contribution in [0.2, 0.25) is 0 Å². The first-order chi connectivity index (χ1) is 14.8. The molecule has 0 spiro atoms. The first-order valence-corrected chi connectivity index (χ1v) is 10.5. The summed E-state index contributed by atoms with van der Waals surface area (Å²) < 4.78 is 42.7. The lowest BCUT2D eigenvalue weighted by molar-refractivity contribution is 0.103. The molecule has 0 saturated carbocycles. The Bertz CT molecular complexity index is 1450. The van der Waals surface area contributed by atoms with Crippen molar-refractivity contribution in [1.82, 2.24) is 4.57 Å². The van der Waals surface area contributed by atoms with Crippen LogP contribution in [0.3, 0.4) is 0 Å². The van der Waals surface area contributed by atoms with Gasteiger partial charge in [-0.3, -0.25) is 9.36 Å². The van der Waals surface area contributed by atoms with Crippen molar-refractivity contribution in [3.63, 3.8) is 0 Å². The molecule has 3 aromatic carbocycles. The maximum absolute atomic E-state index is 12.9. The van der Waals surface area contributed by atoms with Gasteiger partial charge < -0.3 is 13.3 Å². The maximum Gasteiger partial charge on any atom is 0.419 e. The third kappa shape index (κ3) is 3.82. The molecule has 0 aliphatic heterocycles. The second kappa shape index (κ2) is 7.77. The van der Waals surface area contributed by atoms with E-state index in [4.69, 9.17) is 13.3 Å². The molecule has 0 unspecified atom stereocenters. The SMILES string of the molecule is COc1ccc(C(=O)c2ccccc2)c(OS(=O)(=O)c2ccc3c(c2)oc(=O)n3C)c1. The number of ketones is 1. The molecule has 0 aliphatic carbocycles. The van der Waals surface area contributed by atoms with Crippen LogP contribution in [0.1, 0.15) is 15.9 Å². The number of rotatable bonds is 6. The van der Waals surface area contributed by atoms with Crippen LogP contribution in [0.15, 0.2) is 80.8 Å². The Kier molecular flexibility index (Phi) is 5.12. The molecule has 158 valence electrons. The van der Waals surface area contributed by atoms with Crippen molar-refractivity contribution in [1.29, 1.82) is 0 Å². The van der Waals surface area contributed by atoms with Crippen LogP contribution in [0.4, 0.5) is 0 Å². The first kappa shape index (κ1) is 20.4. The van der Waals surface area contributed by atoms with Crippen molar-refractivity contribution < 1.29 is 26.5 Å². The minimum absolute atomic E-state index is 0.0582. The van der Waals surface area contributed by atoms with Gasteiger partial charge in [0.2, 0.25) is 0 Å². The van der Waals surface area contributed by atoms with Gasteiger partial charge in [0.25, 0.3) is 0 Å². The number of nitrogens with zero attached hydrogens (tertiary/aromatic N) is 1. The number of aryl methyl sites for hydroxylation is 1. The molecule has 0 atom stereocenters. The van der Waals surface area contributed by atoms with E-state index in [2.05, 4.69) is 0 Å². The van der Waals surface area contributed by atoms with Crippen molar-refractivity contribution >= 4 is 27.0 Å². The summed E-state index contributed by atoms with van der Waals surface area (Å²) >= 11 is 0. The van der Waals surface area contributed by atoms with Crippen molar-refractivity contribution in [3.8, 4) is 11.5 Å². The fourth-order valence-electron chi connectivity index (χ4n) is 3.07. The highest BCUT2D eigenvalue weighted by molar-refractivity contribution is 7.87. The number of methoxy groups -OCH3 is 1. The molecule has 0 radical (unpaired) electrons. The summed E-state index contributed by atoms with van der Waals surface area (Å²) in [4.78, 5) is 24.4. The molecule has 0 fully saturated rings. The van der Waals surface area contributed by atoms with Crippen LogP contribution in [0.5, 0.6) is 11.5 Å². The second-order valence-corrected chi connectivity index (χ2v) is 8.20. The Hall–Kier alpha value is -3.85. The van der Waals surface area contributed by atoms with Crippen LogP contribution >= 0.6 is 0 Å². The summed E-state index contributed by atoms with van der Waals surface area (Å²) in [6, 6.07) is 16.7. The normalized spacial score (nSPS) is 11.4. The van der Waals surface area contributed by atoms with Gasteiger partial charge in [0.05, 0.1) is 18.2 Å². The number of carbonyl (C=O) groups excluding carboxylic acids is 1. The summed E-state index contributed by atoms with van der Waals surface area (Å²) in [5.41, 5.74) is 0.971. The average molecular weight is 439 g/mol. The molecule has 0 saturated heterocycles. The van der Waals surface area contributed by atoms with Crippen LogP contribution < -0.4 is 14.7 Å². The number of fused-ring (bicyclic) bond motifs is 1. The smallest absolute Gasteiger partial charge is 0.419 e. The van der Waals surface area contributed by atoms with E-state index >= 15 is 0 Å². The molecule has 1 heterocycles. The van der Waals surface area contributed by atoms with Crippen LogP contribution in [0, 0.1) is 0 Å². The number of carbonyl (C=O) groups is 1. The van der Waals surface area contributed by atoms with Gasteiger partial charge in [-0.25, -0.2) is 4.79 Å². The minimum Gasteiger partial charge on any atom is -0.497 e. The van der Waals surface area contributed by atoms with Crippen molar-refractivity contribution in [2.75, 3.05) is 7.11 Å². The summed E-state index contributed by atoms with van der Waals surface area (Å²) in [7, 11) is -1.43. The topological polar surface area (TPSA) is 105 Å². The highest BCUT2D eigenvalue weighted by Crippen LogP contribution is 2.30. The monoisotopic (exact) mass is 439 g/mol. The molecule has 1 aromatic heterocycles. The van der Waals surface area contributed by atoms with E-state index in [1.165, 1.54) is 49.1 Å². The van der Waals surface area contributed by atoms with E-state index in [0.717, 1.165) is 0 Å². The number of oxazole rings is 1. The summed E-state index contributed by atoms with van der Waals surface area (Å²) in [6.45, 7) is 0. The Balaban J connectivity index is 1.77. The average Bonchev–Trinajstić information content (AvgIpc) is 3.06. The molecule has 4 rings (SSSR count). The first-order valence-electron chi connectivity index (χ1n) is 9.12. The fraction of sp³-hybridized carbons (Fsp3) is 0.0909. The highest BCUT2D eigenvalue weighted by atomic mass is 32.2. The van der Waals surface area contributed by atoms with Crippen LogP contribution in [-0.4, -0.2) is 25.9 Å². The third-order valence-electron chi connectivity index (χ3n) is 4.72. The lowest BCUT2D eigenvalue weighted by atomic mass is 10.0. The minimum atomic E-state index is -4.35. The Morgan fingerprint density at radius 3 is 2.45 bits per heavy atom. The third-order valence-corrected chi connectivity index (χ3v) is 5.95. The van der Waals surface area contributed by atoms with Crippen molar-refractivity contribution in [2.24, 2.45) is 7.05 Å². The van der Waals surface area contributed by atoms with Crippen LogP contribution in [0.25, 0.3) is 11.1 Å². The Morgan fingerprint density at radius 1 is 1.00 bits per heavy atom. The number of aromatic nitrogens is 1. The van der Waals surface area contributed by atoms with E-state index < -0.39 is 21.7 Å². The quantitative estimate of drug-likeness (QED) is 0.336. The van der Waals surface area contributed by atoms with E-state index in [-0.39, 0.29) is 21.8 Å². The molecule has 0 aliphatic rings. The Morgan fingerprint density at radius 2 is 1.74 bits per heavy atom. The van der Waals surface area contributed by atoms with Gasteiger partial charge in [-0.05, 0) is 24.3 Å². The largest absolute Gasteiger partial charge is 0.497 e. The van der Waals surface area contributed by atoms with Crippen LogP contribution in [-0.2, 0) is 17.2 Å². The molecule has 9 heteroatoms. The van der Waals surface area contributed by atoms with E-state index in [1.807, 2.05) is 0 Å². The van der Waals surface area contributed by atoms with Gasteiger partial charge in [0.15, 0.2) is 17.1 Å². The molecular weight excluding hydrogens is 422 g/mol. The zero-order valence-corrected chi connectivity index (χ0v) is 17.4. The Labute approximate surface area is 177 Å². The van der Waals surface area contributed by atoms with Gasteiger partial charge >= 0.3 is 15.9 Å². The van der Waals surface area contributed by atoms with Gasteiger partial charge in [-0.1, -0.05) is 30.3 Å². The molecule has 8 nitrogen and oxygen atoms in total. The number of benzene rings is 3. The predicted molar refractivity (Wildman–Crippen MR) is 112 cm³/mol. The predicted octanol–water partition coefficient (Wildman–Crippen LogP) is 3.14. The zero-order chi connectivity index (χ0) is 22.2. The highest BCUT2D eigenvalue weighted by Gasteiger charge is 2.24. The standard InChI is InChI=1S/C22H17NO7S/c1-23-18-11-9-16(13-20(18)29-22(23)25)31(26,27)30-19-12-15(28-2)8-10-17(19)21(24)14-6-4-3-5-7-14/h3-13H,1-2H3. The molecule has 0 N–H and O–H groups in total.